The fourth-order valence-corrected chi connectivity index (χ4v) is 3.02. The maximum absolute atomic E-state index is 5.78. The first kappa shape index (κ1) is 17.6. The minimum atomic E-state index is -0.274. The lowest BCUT2D eigenvalue weighted by Gasteiger charge is -2.24. The van der Waals surface area contributed by atoms with Crippen molar-refractivity contribution >= 4 is 11.0 Å². The van der Waals surface area contributed by atoms with Gasteiger partial charge in [0.1, 0.15) is 5.52 Å². The smallest absolute Gasteiger partial charge is 0.159 e. The van der Waals surface area contributed by atoms with Crippen molar-refractivity contribution in [3.05, 3.63) is 59.7 Å². The number of rotatable bonds is 8. The maximum Gasteiger partial charge on any atom is 0.159 e. The molecule has 3 rings (SSSR count). The molecule has 0 aliphatic rings. The van der Waals surface area contributed by atoms with Gasteiger partial charge in [-0.05, 0) is 38.5 Å². The molecule has 0 amide bonds. The molecule has 5 nitrogen and oxygen atoms in total. The third-order valence-corrected chi connectivity index (χ3v) is 4.26. The zero-order valence-corrected chi connectivity index (χ0v) is 15.1. The fraction of sp³-hybridized carbons (Fsp3) is 0.400. The predicted octanol–water partition coefficient (Wildman–Crippen LogP) is 4.12. The minimum absolute atomic E-state index is 0.00361. The molecule has 0 bridgehead atoms. The number of aryl methyl sites for hydroxylation is 1. The van der Waals surface area contributed by atoms with Crippen LogP contribution in [0.15, 0.2) is 48.5 Å². The van der Waals surface area contributed by atoms with Gasteiger partial charge in [-0.25, -0.2) is 4.68 Å². The van der Waals surface area contributed by atoms with Crippen LogP contribution in [0.3, 0.4) is 0 Å². The SMILES string of the molecule is CCOC(CC(c1ccc(C)cc1)n1nnc2ccccc21)OCC. The van der Waals surface area contributed by atoms with Gasteiger partial charge in [0.2, 0.25) is 0 Å². The van der Waals surface area contributed by atoms with Gasteiger partial charge in [-0.2, -0.15) is 0 Å². The summed E-state index contributed by atoms with van der Waals surface area (Å²) < 4.78 is 13.5. The molecule has 0 spiro atoms. The topological polar surface area (TPSA) is 49.2 Å². The highest BCUT2D eigenvalue weighted by Crippen LogP contribution is 2.28. The van der Waals surface area contributed by atoms with E-state index in [-0.39, 0.29) is 12.3 Å². The second-order valence-electron chi connectivity index (χ2n) is 6.03. The summed E-state index contributed by atoms with van der Waals surface area (Å²) >= 11 is 0. The minimum Gasteiger partial charge on any atom is -0.353 e. The maximum atomic E-state index is 5.78. The second-order valence-corrected chi connectivity index (χ2v) is 6.03. The third kappa shape index (κ3) is 4.06. The van der Waals surface area contributed by atoms with Crippen molar-refractivity contribution in [3.63, 3.8) is 0 Å². The molecule has 5 heteroatoms. The van der Waals surface area contributed by atoms with Crippen LogP contribution in [0.25, 0.3) is 11.0 Å². The molecular formula is C20H25N3O2. The lowest BCUT2D eigenvalue weighted by atomic mass is 10.0. The molecule has 1 atom stereocenters. The van der Waals surface area contributed by atoms with Crippen molar-refractivity contribution in [2.45, 2.75) is 39.5 Å². The van der Waals surface area contributed by atoms with Crippen LogP contribution in [0.5, 0.6) is 0 Å². The average molecular weight is 339 g/mol. The first-order chi connectivity index (χ1) is 12.2. The molecule has 0 fully saturated rings. The molecule has 0 aliphatic heterocycles. The Kier molecular flexibility index (Phi) is 5.79. The lowest BCUT2D eigenvalue weighted by Crippen LogP contribution is -2.24. The van der Waals surface area contributed by atoms with Crippen molar-refractivity contribution < 1.29 is 9.47 Å². The van der Waals surface area contributed by atoms with E-state index in [0.717, 1.165) is 11.0 Å². The molecule has 0 N–H and O–H groups in total. The molecule has 0 saturated heterocycles. The number of hydrogen-bond donors (Lipinski definition) is 0. The molecular weight excluding hydrogens is 314 g/mol. The first-order valence-corrected chi connectivity index (χ1v) is 8.82. The zero-order chi connectivity index (χ0) is 17.6. The Balaban J connectivity index is 2.00. The van der Waals surface area contributed by atoms with Gasteiger partial charge < -0.3 is 9.47 Å². The molecule has 0 radical (unpaired) electrons. The fourth-order valence-electron chi connectivity index (χ4n) is 3.02. The summed E-state index contributed by atoms with van der Waals surface area (Å²) in [5, 5.41) is 8.74. The van der Waals surface area contributed by atoms with Gasteiger partial charge in [0, 0.05) is 19.6 Å². The Labute approximate surface area is 148 Å². The predicted molar refractivity (Wildman–Crippen MR) is 98.5 cm³/mol. The molecule has 132 valence electrons. The number of benzene rings is 2. The molecule has 1 aromatic heterocycles. The molecule has 0 aliphatic carbocycles. The number of hydrogen-bond acceptors (Lipinski definition) is 4. The van der Waals surface area contributed by atoms with Gasteiger partial charge in [-0.3, -0.25) is 0 Å². The Morgan fingerprint density at radius 1 is 0.960 bits per heavy atom. The monoisotopic (exact) mass is 339 g/mol. The Morgan fingerprint density at radius 2 is 1.64 bits per heavy atom. The normalized spacial score (nSPS) is 12.8. The highest BCUT2D eigenvalue weighted by Gasteiger charge is 2.23. The number of nitrogens with zero attached hydrogens (tertiary/aromatic N) is 3. The van der Waals surface area contributed by atoms with Crippen molar-refractivity contribution in [2.75, 3.05) is 13.2 Å². The van der Waals surface area contributed by atoms with Crippen LogP contribution in [0.2, 0.25) is 0 Å². The van der Waals surface area contributed by atoms with Crippen molar-refractivity contribution in [1.29, 1.82) is 0 Å². The van der Waals surface area contributed by atoms with E-state index in [4.69, 9.17) is 9.47 Å². The number of ether oxygens (including phenoxy) is 2. The van der Waals surface area contributed by atoms with Crippen molar-refractivity contribution in [2.24, 2.45) is 0 Å². The zero-order valence-electron chi connectivity index (χ0n) is 15.1. The van der Waals surface area contributed by atoms with Crippen LogP contribution in [0, 0.1) is 6.92 Å². The average Bonchev–Trinajstić information content (AvgIpc) is 3.05. The summed E-state index contributed by atoms with van der Waals surface area (Å²) in [6, 6.07) is 16.5. The highest BCUT2D eigenvalue weighted by molar-refractivity contribution is 5.74. The number of fused-ring (bicyclic) bond motifs is 1. The number of aromatic nitrogens is 3. The first-order valence-electron chi connectivity index (χ1n) is 8.82. The van der Waals surface area contributed by atoms with Crippen LogP contribution in [0.1, 0.15) is 37.4 Å². The number of para-hydroxylation sites is 1. The standard InChI is InChI=1S/C20H25N3O2/c1-4-24-20(25-5-2)14-19(16-12-10-15(3)11-13-16)23-18-9-7-6-8-17(18)21-22-23/h6-13,19-20H,4-5,14H2,1-3H3. The molecule has 3 aromatic rings. The molecule has 25 heavy (non-hydrogen) atoms. The van der Waals surface area contributed by atoms with E-state index in [1.165, 1.54) is 11.1 Å². The van der Waals surface area contributed by atoms with E-state index in [1.54, 1.807) is 0 Å². The molecule has 2 aromatic carbocycles. The van der Waals surface area contributed by atoms with Gasteiger partial charge in [0.05, 0.1) is 11.6 Å². The van der Waals surface area contributed by atoms with E-state index in [2.05, 4.69) is 41.5 Å². The van der Waals surface area contributed by atoms with Crippen LogP contribution in [0.4, 0.5) is 0 Å². The Morgan fingerprint density at radius 3 is 2.32 bits per heavy atom. The largest absolute Gasteiger partial charge is 0.353 e. The van der Waals surface area contributed by atoms with Crippen molar-refractivity contribution in [3.8, 4) is 0 Å². The Bertz CT molecular complexity index is 792. The summed E-state index contributed by atoms with van der Waals surface area (Å²) in [5.41, 5.74) is 4.31. The van der Waals surface area contributed by atoms with Gasteiger partial charge in [-0.1, -0.05) is 47.2 Å². The van der Waals surface area contributed by atoms with Gasteiger partial charge in [-0.15, -0.1) is 5.10 Å². The second kappa shape index (κ2) is 8.23. The highest BCUT2D eigenvalue weighted by atomic mass is 16.7. The lowest BCUT2D eigenvalue weighted by molar-refractivity contribution is -0.143. The van der Waals surface area contributed by atoms with Crippen LogP contribution in [-0.2, 0) is 9.47 Å². The van der Waals surface area contributed by atoms with Crippen LogP contribution >= 0.6 is 0 Å². The van der Waals surface area contributed by atoms with Crippen LogP contribution < -0.4 is 0 Å². The van der Waals surface area contributed by atoms with E-state index < -0.39 is 0 Å². The summed E-state index contributed by atoms with van der Waals surface area (Å²) in [5.74, 6) is 0. The van der Waals surface area contributed by atoms with E-state index in [0.29, 0.717) is 19.6 Å². The summed E-state index contributed by atoms with van der Waals surface area (Å²) in [4.78, 5) is 0. The van der Waals surface area contributed by atoms with E-state index in [9.17, 15) is 0 Å². The summed E-state index contributed by atoms with van der Waals surface area (Å²) in [6.45, 7) is 7.29. The summed E-state index contributed by atoms with van der Waals surface area (Å²) in [7, 11) is 0. The van der Waals surface area contributed by atoms with Gasteiger partial charge >= 0.3 is 0 Å². The van der Waals surface area contributed by atoms with Gasteiger partial charge in [0.15, 0.2) is 6.29 Å². The Hall–Kier alpha value is -2.24. The van der Waals surface area contributed by atoms with Crippen LogP contribution in [-0.4, -0.2) is 34.5 Å². The molecule has 1 unspecified atom stereocenters. The van der Waals surface area contributed by atoms with E-state index >= 15 is 0 Å². The third-order valence-electron chi connectivity index (χ3n) is 4.26. The van der Waals surface area contributed by atoms with Gasteiger partial charge in [0.25, 0.3) is 0 Å². The molecule has 0 saturated carbocycles. The molecule has 1 heterocycles. The van der Waals surface area contributed by atoms with Crippen molar-refractivity contribution in [1.82, 2.24) is 15.0 Å². The summed E-state index contributed by atoms with van der Waals surface area (Å²) in [6.07, 6.45) is 0.405. The van der Waals surface area contributed by atoms with E-state index in [1.807, 2.05) is 42.8 Å². The quantitative estimate of drug-likeness (QED) is 0.579.